The van der Waals surface area contributed by atoms with Crippen LogP contribution >= 0.6 is 11.3 Å². The lowest BCUT2D eigenvalue weighted by molar-refractivity contribution is 0.0787. The summed E-state index contributed by atoms with van der Waals surface area (Å²) in [4.78, 5) is 17.7. The normalized spacial score (nSPS) is 19.9. The molecule has 1 saturated heterocycles. The van der Waals surface area contributed by atoms with E-state index in [0.717, 1.165) is 31.1 Å². The van der Waals surface area contributed by atoms with Crippen molar-refractivity contribution in [1.29, 1.82) is 0 Å². The summed E-state index contributed by atoms with van der Waals surface area (Å²) < 4.78 is 0. The lowest BCUT2D eigenvalue weighted by atomic mass is 10.2. The number of hydrogen-bond acceptors (Lipinski definition) is 4. The minimum Gasteiger partial charge on any atom is -0.298 e. The van der Waals surface area contributed by atoms with Gasteiger partial charge in [0.05, 0.1) is 11.4 Å². The van der Waals surface area contributed by atoms with E-state index in [0.29, 0.717) is 12.6 Å². The third kappa shape index (κ3) is 3.40. The van der Waals surface area contributed by atoms with E-state index in [1.165, 1.54) is 6.42 Å². The topological polar surface area (TPSA) is 23.6 Å². The zero-order valence-electron chi connectivity index (χ0n) is 11.3. The fourth-order valence-corrected chi connectivity index (χ4v) is 3.00. The van der Waals surface area contributed by atoms with Gasteiger partial charge >= 0.3 is 0 Å². The van der Waals surface area contributed by atoms with Gasteiger partial charge in [0.25, 0.3) is 0 Å². The number of carbonyl (C=O) groups is 1. The maximum absolute atomic E-state index is 12.0. The average Bonchev–Trinajstić information content (AvgIpc) is 2.92. The van der Waals surface area contributed by atoms with E-state index in [1.807, 2.05) is 17.5 Å². The van der Waals surface area contributed by atoms with Gasteiger partial charge in [-0.1, -0.05) is 13.0 Å². The second-order valence-electron chi connectivity index (χ2n) is 4.97. The predicted molar refractivity (Wildman–Crippen MR) is 76.4 cm³/mol. The Morgan fingerprint density at radius 3 is 2.67 bits per heavy atom. The zero-order valence-corrected chi connectivity index (χ0v) is 12.1. The molecule has 0 saturated carbocycles. The van der Waals surface area contributed by atoms with Crippen molar-refractivity contribution in [2.75, 3.05) is 32.7 Å². The number of hydrogen-bond donors (Lipinski definition) is 0. The first-order valence-corrected chi connectivity index (χ1v) is 7.61. The van der Waals surface area contributed by atoms with Gasteiger partial charge in [-0.25, -0.2) is 0 Å². The molecule has 1 aliphatic heterocycles. The highest BCUT2D eigenvalue weighted by Gasteiger charge is 2.21. The molecular weight excluding hydrogens is 244 g/mol. The minimum absolute atomic E-state index is 0.266. The highest BCUT2D eigenvalue weighted by atomic mass is 32.1. The largest absolute Gasteiger partial charge is 0.298 e. The predicted octanol–water partition coefficient (Wildman–Crippen LogP) is 2.35. The Hall–Kier alpha value is -0.710. The third-order valence-corrected chi connectivity index (χ3v) is 4.70. The molecule has 0 aliphatic carbocycles. The summed E-state index contributed by atoms with van der Waals surface area (Å²) in [5, 5.41) is 1.97. The molecule has 0 amide bonds. The fraction of sp³-hybridized carbons (Fsp3) is 0.643. The maximum Gasteiger partial charge on any atom is 0.186 e. The summed E-state index contributed by atoms with van der Waals surface area (Å²) >= 11 is 1.54. The zero-order chi connectivity index (χ0) is 13.0. The van der Waals surface area contributed by atoms with E-state index in [9.17, 15) is 4.79 Å². The highest BCUT2D eigenvalue weighted by molar-refractivity contribution is 7.12. The Labute approximate surface area is 113 Å². The lowest BCUT2D eigenvalue weighted by Gasteiger charge is -2.37. The van der Waals surface area contributed by atoms with E-state index >= 15 is 0 Å². The first kappa shape index (κ1) is 13.7. The van der Waals surface area contributed by atoms with Gasteiger partial charge in [-0.2, -0.15) is 0 Å². The van der Waals surface area contributed by atoms with Crippen molar-refractivity contribution >= 4 is 17.1 Å². The van der Waals surface area contributed by atoms with Crippen LogP contribution in [0.3, 0.4) is 0 Å². The molecule has 0 aromatic carbocycles. The van der Waals surface area contributed by atoms with E-state index in [4.69, 9.17) is 0 Å². The lowest BCUT2D eigenvalue weighted by Crippen LogP contribution is -2.50. The van der Waals surface area contributed by atoms with Crippen LogP contribution in [-0.4, -0.2) is 54.3 Å². The van der Waals surface area contributed by atoms with Crippen LogP contribution in [-0.2, 0) is 0 Å². The second kappa shape index (κ2) is 6.45. The number of nitrogens with zero attached hydrogens (tertiary/aromatic N) is 2. The van der Waals surface area contributed by atoms with Crippen molar-refractivity contribution in [2.24, 2.45) is 0 Å². The molecule has 3 nitrogen and oxygen atoms in total. The van der Waals surface area contributed by atoms with E-state index in [-0.39, 0.29) is 5.78 Å². The first-order valence-electron chi connectivity index (χ1n) is 6.73. The molecule has 0 radical (unpaired) electrons. The Morgan fingerprint density at radius 2 is 2.11 bits per heavy atom. The summed E-state index contributed by atoms with van der Waals surface area (Å²) in [5.41, 5.74) is 0. The number of Topliss-reactive ketones (excluding diaryl/α,β-unsaturated/α-hetero) is 1. The molecule has 1 unspecified atom stereocenters. The molecule has 100 valence electrons. The van der Waals surface area contributed by atoms with Gasteiger partial charge in [0.15, 0.2) is 5.78 Å². The molecule has 1 aliphatic rings. The van der Waals surface area contributed by atoms with Gasteiger partial charge in [0.2, 0.25) is 0 Å². The molecule has 18 heavy (non-hydrogen) atoms. The molecule has 1 fully saturated rings. The van der Waals surface area contributed by atoms with Gasteiger partial charge in [-0.05, 0) is 24.8 Å². The van der Waals surface area contributed by atoms with E-state index in [2.05, 4.69) is 23.6 Å². The number of piperazine rings is 1. The molecule has 0 N–H and O–H groups in total. The van der Waals surface area contributed by atoms with Crippen molar-refractivity contribution in [3.8, 4) is 0 Å². The molecule has 0 bridgehead atoms. The molecular formula is C14H22N2OS. The Kier molecular flexibility index (Phi) is 4.92. The van der Waals surface area contributed by atoms with Gasteiger partial charge in [0, 0.05) is 32.2 Å². The van der Waals surface area contributed by atoms with Crippen LogP contribution in [0.2, 0.25) is 0 Å². The van der Waals surface area contributed by atoms with E-state index < -0.39 is 0 Å². The van der Waals surface area contributed by atoms with Crippen LogP contribution in [0.15, 0.2) is 17.5 Å². The van der Waals surface area contributed by atoms with Crippen LogP contribution in [0, 0.1) is 0 Å². The van der Waals surface area contributed by atoms with Crippen LogP contribution in [0.4, 0.5) is 0 Å². The first-order chi connectivity index (χ1) is 8.70. The van der Waals surface area contributed by atoms with Crippen molar-refractivity contribution in [3.63, 3.8) is 0 Å². The van der Waals surface area contributed by atoms with Gasteiger partial charge < -0.3 is 0 Å². The number of rotatable bonds is 5. The second-order valence-corrected chi connectivity index (χ2v) is 5.92. The molecule has 2 heterocycles. The molecule has 1 atom stereocenters. The summed E-state index contributed by atoms with van der Waals surface area (Å²) in [5.74, 6) is 0.266. The number of ketones is 1. The molecule has 0 spiro atoms. The Bertz CT molecular complexity index is 369. The van der Waals surface area contributed by atoms with Crippen molar-refractivity contribution in [1.82, 2.24) is 9.80 Å². The quantitative estimate of drug-likeness (QED) is 0.764. The van der Waals surface area contributed by atoms with E-state index in [1.54, 1.807) is 11.3 Å². The summed E-state index contributed by atoms with van der Waals surface area (Å²) in [7, 11) is 0. The van der Waals surface area contributed by atoms with Crippen molar-refractivity contribution in [3.05, 3.63) is 22.4 Å². The monoisotopic (exact) mass is 266 g/mol. The Morgan fingerprint density at radius 1 is 1.39 bits per heavy atom. The fourth-order valence-electron chi connectivity index (χ4n) is 2.34. The molecule has 1 aromatic heterocycles. The Balaban J connectivity index is 1.78. The minimum atomic E-state index is 0.266. The van der Waals surface area contributed by atoms with Crippen LogP contribution in [0.1, 0.15) is 29.9 Å². The smallest absolute Gasteiger partial charge is 0.186 e. The highest BCUT2D eigenvalue weighted by Crippen LogP contribution is 2.12. The van der Waals surface area contributed by atoms with Crippen LogP contribution < -0.4 is 0 Å². The molecule has 2 rings (SSSR count). The van der Waals surface area contributed by atoms with Gasteiger partial charge in [-0.15, -0.1) is 11.3 Å². The van der Waals surface area contributed by atoms with Crippen LogP contribution in [0.25, 0.3) is 0 Å². The number of thiophene rings is 1. The summed E-state index contributed by atoms with van der Waals surface area (Å²) in [6, 6.07) is 4.53. The molecule has 1 aromatic rings. The van der Waals surface area contributed by atoms with Crippen molar-refractivity contribution < 1.29 is 4.79 Å². The van der Waals surface area contributed by atoms with Gasteiger partial charge in [0.1, 0.15) is 0 Å². The third-order valence-electron chi connectivity index (χ3n) is 3.78. The van der Waals surface area contributed by atoms with Crippen molar-refractivity contribution in [2.45, 2.75) is 26.3 Å². The van der Waals surface area contributed by atoms with Crippen LogP contribution in [0.5, 0.6) is 0 Å². The SMILES string of the molecule is CCC(C)N1CCN(CC(=O)c2cccs2)CC1. The number of carbonyl (C=O) groups excluding carboxylic acids is 1. The summed E-state index contributed by atoms with van der Waals surface area (Å²) in [6.45, 7) is 9.31. The maximum atomic E-state index is 12.0. The standard InChI is InChI=1S/C14H22N2OS/c1-3-12(2)16-8-6-15(7-9-16)11-13(17)14-5-4-10-18-14/h4-5,10,12H,3,6-9,11H2,1-2H3. The summed E-state index contributed by atoms with van der Waals surface area (Å²) in [6.07, 6.45) is 1.20. The molecule has 4 heteroatoms. The van der Waals surface area contributed by atoms with Gasteiger partial charge in [-0.3, -0.25) is 14.6 Å². The average molecular weight is 266 g/mol.